The highest BCUT2D eigenvalue weighted by molar-refractivity contribution is 9.10. The van der Waals surface area contributed by atoms with E-state index in [1.165, 1.54) is 22.8 Å². The van der Waals surface area contributed by atoms with Gasteiger partial charge in [-0.25, -0.2) is 4.79 Å². The molecule has 9 nitrogen and oxygen atoms in total. The van der Waals surface area contributed by atoms with Crippen molar-refractivity contribution in [3.63, 3.8) is 0 Å². The first-order valence-electron chi connectivity index (χ1n) is 8.99. The molecule has 0 spiro atoms. The molecule has 0 unspecified atom stereocenters. The fraction of sp³-hybridized carbons (Fsp3) is 0.263. The van der Waals surface area contributed by atoms with E-state index in [0.29, 0.717) is 39.5 Å². The molecule has 0 atom stereocenters. The molecule has 0 fully saturated rings. The highest BCUT2D eigenvalue weighted by Crippen LogP contribution is 2.36. The van der Waals surface area contributed by atoms with E-state index in [-0.39, 0.29) is 30.1 Å². The molecular formula is C19H17BrClN3O6. The van der Waals surface area contributed by atoms with Gasteiger partial charge in [-0.2, -0.15) is 0 Å². The largest absolute Gasteiger partial charge is 0.491 e. The number of hydrogen-bond acceptors (Lipinski definition) is 6. The first-order valence-corrected chi connectivity index (χ1v) is 10.2. The van der Waals surface area contributed by atoms with Crippen molar-refractivity contribution in [3.8, 4) is 5.75 Å². The van der Waals surface area contributed by atoms with Gasteiger partial charge in [0.1, 0.15) is 0 Å². The molecule has 1 amide bonds. The Bertz CT molecular complexity index is 1170. The van der Waals surface area contributed by atoms with Gasteiger partial charge >= 0.3 is 5.76 Å². The van der Waals surface area contributed by atoms with Crippen molar-refractivity contribution in [1.82, 2.24) is 4.57 Å². The predicted octanol–water partition coefficient (Wildman–Crippen LogP) is 4.74. The van der Waals surface area contributed by atoms with Crippen molar-refractivity contribution in [2.24, 2.45) is 0 Å². The molecule has 3 aromatic rings. The zero-order valence-electron chi connectivity index (χ0n) is 15.8. The van der Waals surface area contributed by atoms with Crippen LogP contribution in [0.3, 0.4) is 0 Å². The number of carbonyl (C=O) groups excluding carboxylic acids is 1. The number of aryl methyl sites for hydroxylation is 1. The maximum Gasteiger partial charge on any atom is 0.419 e. The summed E-state index contributed by atoms with van der Waals surface area (Å²) in [5.41, 5.74) is 0.840. The number of hydrogen-bond donors (Lipinski definition) is 1. The normalized spacial score (nSPS) is 10.9. The maximum atomic E-state index is 12.4. The lowest BCUT2D eigenvalue weighted by Crippen LogP contribution is -2.17. The van der Waals surface area contributed by atoms with Crippen LogP contribution in [0.2, 0.25) is 5.02 Å². The Labute approximate surface area is 183 Å². The molecular weight excluding hydrogens is 482 g/mol. The van der Waals surface area contributed by atoms with Gasteiger partial charge < -0.3 is 14.5 Å². The van der Waals surface area contributed by atoms with Gasteiger partial charge in [0.05, 0.1) is 33.3 Å². The fourth-order valence-electron chi connectivity index (χ4n) is 2.94. The monoisotopic (exact) mass is 497 g/mol. The van der Waals surface area contributed by atoms with Crippen LogP contribution in [0.4, 0.5) is 11.4 Å². The van der Waals surface area contributed by atoms with E-state index in [2.05, 4.69) is 21.2 Å². The average Bonchev–Trinajstić information content (AvgIpc) is 2.99. The number of nitrogens with zero attached hydrogens (tertiary/aromatic N) is 2. The van der Waals surface area contributed by atoms with Crippen molar-refractivity contribution < 1.29 is 18.9 Å². The van der Waals surface area contributed by atoms with Crippen LogP contribution < -0.4 is 15.8 Å². The van der Waals surface area contributed by atoms with E-state index in [1.54, 1.807) is 12.1 Å². The smallest absolute Gasteiger partial charge is 0.419 e. The summed E-state index contributed by atoms with van der Waals surface area (Å²) < 4.78 is 12.6. The van der Waals surface area contributed by atoms with E-state index >= 15 is 0 Å². The number of carbonyl (C=O) groups is 1. The minimum absolute atomic E-state index is 0.127. The number of halogens is 2. The van der Waals surface area contributed by atoms with Gasteiger partial charge in [0.2, 0.25) is 5.91 Å². The van der Waals surface area contributed by atoms with Crippen LogP contribution in [0, 0.1) is 10.1 Å². The lowest BCUT2D eigenvalue weighted by atomic mass is 10.2. The summed E-state index contributed by atoms with van der Waals surface area (Å²) in [5.74, 6) is -0.432. The average molecular weight is 499 g/mol. The zero-order chi connectivity index (χ0) is 21.8. The Balaban J connectivity index is 1.68. The number of ether oxygens (including phenoxy) is 1. The summed E-state index contributed by atoms with van der Waals surface area (Å²) in [7, 11) is 0. The SMILES string of the molecule is CCOc1c(Br)cc(Cl)cc1NC(=O)CCCn1c(=O)oc2cc([N+](=O)[O-])ccc21. The number of non-ortho nitro benzene ring substituents is 1. The van der Waals surface area contributed by atoms with E-state index in [1.807, 2.05) is 6.92 Å². The van der Waals surface area contributed by atoms with Crippen LogP contribution in [0.1, 0.15) is 19.8 Å². The lowest BCUT2D eigenvalue weighted by molar-refractivity contribution is -0.384. The third-order valence-corrected chi connectivity index (χ3v) is 5.03. The maximum absolute atomic E-state index is 12.4. The number of rotatable bonds is 8. The molecule has 3 rings (SSSR count). The Morgan fingerprint density at radius 3 is 2.83 bits per heavy atom. The second kappa shape index (κ2) is 9.31. The predicted molar refractivity (Wildman–Crippen MR) is 115 cm³/mol. The number of nitro benzene ring substituents is 1. The summed E-state index contributed by atoms with van der Waals surface area (Å²) in [6, 6.07) is 7.22. The molecule has 30 heavy (non-hydrogen) atoms. The van der Waals surface area contributed by atoms with Gasteiger partial charge in [0.25, 0.3) is 5.69 Å². The number of benzene rings is 2. The van der Waals surface area contributed by atoms with Gasteiger partial charge in [0, 0.05) is 24.1 Å². The number of nitrogens with one attached hydrogen (secondary N) is 1. The molecule has 1 heterocycles. The van der Waals surface area contributed by atoms with Gasteiger partial charge in [-0.05, 0) is 47.5 Å². The van der Waals surface area contributed by atoms with Crippen molar-refractivity contribution in [2.75, 3.05) is 11.9 Å². The summed E-state index contributed by atoms with van der Waals surface area (Å²) in [6.07, 6.45) is 0.477. The molecule has 0 aliphatic carbocycles. The van der Waals surface area contributed by atoms with Crippen molar-refractivity contribution in [2.45, 2.75) is 26.3 Å². The van der Waals surface area contributed by atoms with Crippen molar-refractivity contribution >= 4 is 55.9 Å². The van der Waals surface area contributed by atoms with E-state index in [0.717, 1.165) is 0 Å². The number of nitro groups is 1. The standard InChI is InChI=1S/C19H17BrClN3O6/c1-2-29-18-13(20)8-11(21)9-14(18)22-17(25)4-3-7-23-15-6-5-12(24(27)28)10-16(15)30-19(23)26/h5-6,8-10H,2-4,7H2,1H3,(H,22,25). The molecule has 158 valence electrons. The first kappa shape index (κ1) is 21.8. The molecule has 1 aromatic heterocycles. The Hall–Kier alpha value is -2.85. The Morgan fingerprint density at radius 1 is 1.37 bits per heavy atom. The summed E-state index contributed by atoms with van der Waals surface area (Å²) in [5, 5.41) is 14.1. The van der Waals surface area contributed by atoms with E-state index in [9.17, 15) is 19.7 Å². The molecule has 0 aliphatic rings. The quantitative estimate of drug-likeness (QED) is 0.354. The van der Waals surface area contributed by atoms with Crippen molar-refractivity contribution in [3.05, 3.63) is 60.5 Å². The van der Waals surface area contributed by atoms with E-state index < -0.39 is 10.7 Å². The third-order valence-electron chi connectivity index (χ3n) is 4.22. The summed E-state index contributed by atoms with van der Waals surface area (Å²) in [6.45, 7) is 2.46. The van der Waals surface area contributed by atoms with Crippen LogP contribution in [0.25, 0.3) is 11.1 Å². The zero-order valence-corrected chi connectivity index (χ0v) is 18.2. The van der Waals surface area contributed by atoms with Crippen molar-refractivity contribution in [1.29, 1.82) is 0 Å². The van der Waals surface area contributed by atoms with Gasteiger partial charge in [0.15, 0.2) is 11.3 Å². The van der Waals surface area contributed by atoms with Gasteiger partial charge in [-0.1, -0.05) is 11.6 Å². The van der Waals surface area contributed by atoms with Gasteiger partial charge in [-0.15, -0.1) is 0 Å². The Kier molecular flexibility index (Phi) is 6.78. The Morgan fingerprint density at radius 2 is 2.13 bits per heavy atom. The number of oxazole rings is 1. The number of aromatic nitrogens is 1. The van der Waals surface area contributed by atoms with Crippen LogP contribution in [-0.4, -0.2) is 22.0 Å². The highest BCUT2D eigenvalue weighted by atomic mass is 79.9. The molecule has 1 N–H and O–H groups in total. The molecule has 0 saturated carbocycles. The third kappa shape index (κ3) is 4.82. The first-order chi connectivity index (χ1) is 14.3. The molecule has 0 bridgehead atoms. The van der Waals surface area contributed by atoms with E-state index in [4.69, 9.17) is 20.8 Å². The second-order valence-corrected chi connectivity index (χ2v) is 7.57. The molecule has 0 saturated heterocycles. The lowest BCUT2D eigenvalue weighted by Gasteiger charge is -2.14. The van der Waals surface area contributed by atoms with Crippen LogP contribution >= 0.6 is 27.5 Å². The van der Waals surface area contributed by atoms with Crippen LogP contribution in [0.5, 0.6) is 5.75 Å². The molecule has 0 radical (unpaired) electrons. The van der Waals surface area contributed by atoms with Gasteiger partial charge in [-0.3, -0.25) is 19.5 Å². The topological polar surface area (TPSA) is 117 Å². The molecule has 0 aliphatic heterocycles. The minimum atomic E-state index is -0.636. The summed E-state index contributed by atoms with van der Waals surface area (Å²) >= 11 is 9.41. The number of anilines is 1. The molecule has 2 aromatic carbocycles. The minimum Gasteiger partial charge on any atom is -0.491 e. The number of amides is 1. The summed E-state index contributed by atoms with van der Waals surface area (Å²) in [4.78, 5) is 34.7. The number of fused-ring (bicyclic) bond motifs is 1. The fourth-order valence-corrected chi connectivity index (χ4v) is 3.86. The van der Waals surface area contributed by atoms with Crippen LogP contribution in [0.15, 0.2) is 44.0 Å². The molecule has 11 heteroatoms. The highest BCUT2D eigenvalue weighted by Gasteiger charge is 2.16. The second-order valence-electron chi connectivity index (χ2n) is 6.28. The van der Waals surface area contributed by atoms with Crippen LogP contribution in [-0.2, 0) is 11.3 Å².